The minimum atomic E-state index is -0.612. The van der Waals surface area contributed by atoms with E-state index < -0.39 is 11.4 Å². The highest BCUT2D eigenvalue weighted by atomic mass is 19.1. The zero-order valence-corrected chi connectivity index (χ0v) is 13.9. The van der Waals surface area contributed by atoms with Crippen LogP contribution in [0.1, 0.15) is 25.0 Å². The molecule has 0 saturated carbocycles. The van der Waals surface area contributed by atoms with Crippen LogP contribution in [0.2, 0.25) is 0 Å². The maximum atomic E-state index is 13.4. The number of hydrogen-bond acceptors (Lipinski definition) is 3. The molecule has 0 spiro atoms. The van der Waals surface area contributed by atoms with Gasteiger partial charge in [0.05, 0.1) is 11.3 Å². The molecule has 1 amide bonds. The van der Waals surface area contributed by atoms with Gasteiger partial charge in [0.1, 0.15) is 17.2 Å². The molecule has 2 heterocycles. The average Bonchev–Trinajstić information content (AvgIpc) is 3.02. The van der Waals surface area contributed by atoms with Crippen molar-refractivity contribution >= 4 is 28.4 Å². The van der Waals surface area contributed by atoms with Crippen molar-refractivity contribution in [3.8, 4) is 0 Å². The van der Waals surface area contributed by atoms with Crippen molar-refractivity contribution in [3.63, 3.8) is 0 Å². The number of halogens is 1. The molecule has 4 nitrogen and oxygen atoms in total. The lowest BCUT2D eigenvalue weighted by molar-refractivity contribution is -0.111. The number of nitrogens with two attached hydrogens (primary N) is 1. The Kier molecular flexibility index (Phi) is 3.22. The normalized spacial score (nSPS) is 20.8. The molecule has 0 aliphatic carbocycles. The van der Waals surface area contributed by atoms with E-state index in [0.717, 1.165) is 11.1 Å². The zero-order valence-electron chi connectivity index (χ0n) is 13.9. The first-order valence-electron chi connectivity index (χ1n) is 7.98. The lowest BCUT2D eigenvalue weighted by Crippen LogP contribution is -2.21. The number of fused-ring (bicyclic) bond motifs is 1. The number of hydrogen-bond donors (Lipinski definition) is 2. The predicted octanol–water partition coefficient (Wildman–Crippen LogP) is 3.96. The molecule has 0 atom stereocenters. The van der Waals surface area contributed by atoms with Crippen LogP contribution in [0.5, 0.6) is 0 Å². The maximum absolute atomic E-state index is 13.4. The van der Waals surface area contributed by atoms with E-state index in [0.29, 0.717) is 28.3 Å². The molecule has 0 bridgehead atoms. The summed E-state index contributed by atoms with van der Waals surface area (Å²) >= 11 is 0. The maximum Gasteiger partial charge on any atom is 0.260 e. The monoisotopic (exact) mass is 336 g/mol. The Hall–Kier alpha value is -3.08. The van der Waals surface area contributed by atoms with Gasteiger partial charge in [0, 0.05) is 16.8 Å². The van der Waals surface area contributed by atoms with Crippen LogP contribution in [0.25, 0.3) is 11.1 Å². The fourth-order valence-corrected chi connectivity index (χ4v) is 3.31. The second kappa shape index (κ2) is 5.21. The number of ether oxygens (including phenoxy) is 1. The molecule has 0 unspecified atom stereocenters. The van der Waals surface area contributed by atoms with Crippen LogP contribution in [0.15, 0.2) is 54.3 Å². The van der Waals surface area contributed by atoms with Crippen LogP contribution >= 0.6 is 0 Å². The Balaban J connectivity index is 1.88. The van der Waals surface area contributed by atoms with Gasteiger partial charge in [-0.05, 0) is 55.8 Å². The van der Waals surface area contributed by atoms with E-state index in [4.69, 9.17) is 10.5 Å². The average molecular weight is 336 g/mol. The van der Waals surface area contributed by atoms with Crippen LogP contribution in [0.4, 0.5) is 15.8 Å². The first-order valence-corrected chi connectivity index (χ1v) is 7.98. The summed E-state index contributed by atoms with van der Waals surface area (Å²) in [5, 5.41) is 2.69. The summed E-state index contributed by atoms with van der Waals surface area (Å²) in [6.07, 6.45) is 1.86. The zero-order chi connectivity index (χ0) is 17.8. The molecule has 5 heteroatoms. The van der Waals surface area contributed by atoms with Crippen molar-refractivity contribution in [1.82, 2.24) is 0 Å². The highest BCUT2D eigenvalue weighted by Gasteiger charge is 2.38. The summed E-state index contributed by atoms with van der Waals surface area (Å²) in [4.78, 5) is 12.4. The van der Waals surface area contributed by atoms with Gasteiger partial charge < -0.3 is 15.8 Å². The smallest absolute Gasteiger partial charge is 0.260 e. The van der Waals surface area contributed by atoms with Crippen molar-refractivity contribution < 1.29 is 13.9 Å². The number of nitrogens with one attached hydrogen (secondary N) is 1. The number of carbonyl (C=O) groups is 1. The first kappa shape index (κ1) is 15.4. The summed E-state index contributed by atoms with van der Waals surface area (Å²) < 4.78 is 19.5. The van der Waals surface area contributed by atoms with E-state index in [1.807, 2.05) is 44.2 Å². The third-order valence-electron chi connectivity index (χ3n) is 4.46. The van der Waals surface area contributed by atoms with Gasteiger partial charge in [0.15, 0.2) is 0 Å². The fraction of sp³-hybridized carbons (Fsp3) is 0.150. The van der Waals surface area contributed by atoms with E-state index in [9.17, 15) is 9.18 Å². The lowest BCUT2D eigenvalue weighted by atomic mass is 9.92. The van der Waals surface area contributed by atoms with Crippen molar-refractivity contribution in [1.29, 1.82) is 0 Å². The topological polar surface area (TPSA) is 64.3 Å². The number of anilines is 2. The van der Waals surface area contributed by atoms with Gasteiger partial charge in [-0.1, -0.05) is 12.1 Å². The molecule has 0 aromatic heterocycles. The van der Waals surface area contributed by atoms with Crippen molar-refractivity contribution in [2.45, 2.75) is 19.4 Å². The van der Waals surface area contributed by atoms with E-state index in [1.165, 1.54) is 12.1 Å². The van der Waals surface area contributed by atoms with Gasteiger partial charge in [-0.3, -0.25) is 4.79 Å². The minimum Gasteiger partial charge on any atom is -0.482 e. The van der Waals surface area contributed by atoms with Gasteiger partial charge in [-0.15, -0.1) is 0 Å². The van der Waals surface area contributed by atoms with Gasteiger partial charge in [-0.25, -0.2) is 4.39 Å². The van der Waals surface area contributed by atoms with Crippen LogP contribution in [-0.2, 0) is 9.53 Å². The lowest BCUT2D eigenvalue weighted by Gasteiger charge is -2.23. The van der Waals surface area contributed by atoms with Crippen molar-refractivity contribution in [2.75, 3.05) is 11.1 Å². The number of benzene rings is 2. The summed E-state index contributed by atoms with van der Waals surface area (Å²) in [7, 11) is 0. The molecule has 3 N–H and O–H groups in total. The molecule has 2 aliphatic rings. The third-order valence-corrected chi connectivity index (χ3v) is 4.46. The quantitative estimate of drug-likeness (QED) is 0.612. The molecule has 25 heavy (non-hydrogen) atoms. The van der Waals surface area contributed by atoms with Crippen LogP contribution in [-0.4, -0.2) is 11.5 Å². The van der Waals surface area contributed by atoms with Crippen LogP contribution in [0.3, 0.4) is 0 Å². The van der Waals surface area contributed by atoms with E-state index in [2.05, 4.69) is 5.32 Å². The Labute approximate surface area is 144 Å². The number of amides is 1. The standard InChI is InChI=1S/C20H17FN2O2/c1-20(2)15(11-4-3-5-13(22)8-11)10-17(25-20)18-14-7-6-12(21)9-16(14)23-19(18)24/h3-10H,22H2,1-2H3,(H,23,24). The number of allylic oxidation sites excluding steroid dienone is 1. The van der Waals surface area contributed by atoms with E-state index in [-0.39, 0.29) is 5.91 Å². The van der Waals surface area contributed by atoms with Gasteiger partial charge in [0.25, 0.3) is 5.91 Å². The molecule has 0 radical (unpaired) electrons. The molecule has 2 aromatic carbocycles. The molecular weight excluding hydrogens is 319 g/mol. The van der Waals surface area contributed by atoms with Gasteiger partial charge >= 0.3 is 0 Å². The van der Waals surface area contributed by atoms with Crippen LogP contribution < -0.4 is 11.1 Å². The Bertz CT molecular complexity index is 973. The number of carbonyl (C=O) groups excluding carboxylic acids is 1. The summed E-state index contributed by atoms with van der Waals surface area (Å²) in [6.45, 7) is 3.88. The molecule has 4 rings (SSSR count). The van der Waals surface area contributed by atoms with Gasteiger partial charge in [0.2, 0.25) is 0 Å². The fourth-order valence-electron chi connectivity index (χ4n) is 3.31. The van der Waals surface area contributed by atoms with Crippen LogP contribution in [0, 0.1) is 5.82 Å². The highest BCUT2D eigenvalue weighted by Crippen LogP contribution is 2.44. The Morgan fingerprint density at radius 2 is 1.96 bits per heavy atom. The van der Waals surface area contributed by atoms with E-state index in [1.54, 1.807) is 6.07 Å². The molecule has 2 aromatic rings. The minimum absolute atomic E-state index is 0.295. The third kappa shape index (κ3) is 2.48. The molecule has 126 valence electrons. The van der Waals surface area contributed by atoms with Crippen molar-refractivity contribution in [2.24, 2.45) is 0 Å². The molecular formula is C20H17FN2O2. The Morgan fingerprint density at radius 1 is 1.16 bits per heavy atom. The van der Waals surface area contributed by atoms with Gasteiger partial charge in [-0.2, -0.15) is 0 Å². The molecule has 0 saturated heterocycles. The highest BCUT2D eigenvalue weighted by molar-refractivity contribution is 6.32. The van der Waals surface area contributed by atoms with E-state index >= 15 is 0 Å². The number of nitrogen functional groups attached to an aromatic ring is 1. The predicted molar refractivity (Wildman–Crippen MR) is 95.9 cm³/mol. The second-order valence-corrected chi connectivity index (χ2v) is 6.68. The summed E-state index contributed by atoms with van der Waals surface area (Å²) in [5.74, 6) is -0.212. The number of rotatable bonds is 1. The SMILES string of the molecule is CC1(C)OC(=C2C(=O)Nc3cc(F)ccc32)C=C1c1cccc(N)c1. The molecule has 0 fully saturated rings. The summed E-state index contributed by atoms with van der Waals surface area (Å²) in [5.41, 5.74) is 9.34. The van der Waals surface area contributed by atoms with Crippen molar-refractivity contribution in [3.05, 3.63) is 71.2 Å². The molecule has 2 aliphatic heterocycles. The first-order chi connectivity index (χ1) is 11.8. The summed E-state index contributed by atoms with van der Waals surface area (Å²) in [6, 6.07) is 11.8. The Morgan fingerprint density at radius 3 is 2.72 bits per heavy atom. The second-order valence-electron chi connectivity index (χ2n) is 6.68. The largest absolute Gasteiger partial charge is 0.482 e.